The fraction of sp³-hybridized carbons (Fsp3) is 0.250. The van der Waals surface area contributed by atoms with Crippen molar-refractivity contribution in [2.45, 2.75) is 18.8 Å². The first-order valence-corrected chi connectivity index (χ1v) is 9.44. The van der Waals surface area contributed by atoms with Crippen LogP contribution in [-0.4, -0.2) is 42.8 Å². The fourth-order valence-corrected chi connectivity index (χ4v) is 3.31. The van der Waals surface area contributed by atoms with E-state index in [1.807, 2.05) is 0 Å². The summed E-state index contributed by atoms with van der Waals surface area (Å²) < 4.78 is 45.9. The molecule has 1 atom stereocenters. The zero-order valence-corrected chi connectivity index (χ0v) is 17.5. The highest BCUT2D eigenvalue weighted by molar-refractivity contribution is 6.31. The van der Waals surface area contributed by atoms with Crippen LogP contribution in [0.4, 0.5) is 23.7 Å². The first-order chi connectivity index (χ1) is 14.9. The lowest BCUT2D eigenvalue weighted by atomic mass is 9.92. The third kappa shape index (κ3) is 4.88. The molecular weight excluding hydrogens is 455 g/mol. The van der Waals surface area contributed by atoms with Gasteiger partial charge in [-0.2, -0.15) is 0 Å². The summed E-state index contributed by atoms with van der Waals surface area (Å²) in [5.41, 5.74) is -1.12. The maximum Gasteiger partial charge on any atom is 0.573 e. The number of benzene rings is 2. The summed E-state index contributed by atoms with van der Waals surface area (Å²) in [7, 11) is 1.40. The first kappa shape index (κ1) is 23.2. The molecule has 3 rings (SSSR count). The number of urea groups is 1. The van der Waals surface area contributed by atoms with Gasteiger partial charge < -0.3 is 20.1 Å². The molecule has 0 aromatic heterocycles. The first-order valence-electron chi connectivity index (χ1n) is 9.07. The van der Waals surface area contributed by atoms with E-state index < -0.39 is 42.0 Å². The van der Waals surface area contributed by atoms with Crippen molar-refractivity contribution in [2.24, 2.45) is 0 Å². The van der Waals surface area contributed by atoms with Crippen molar-refractivity contribution in [3.63, 3.8) is 0 Å². The van der Waals surface area contributed by atoms with Gasteiger partial charge in [-0.15, -0.1) is 13.2 Å². The molecule has 32 heavy (non-hydrogen) atoms. The lowest BCUT2D eigenvalue weighted by Crippen LogP contribution is -2.42. The van der Waals surface area contributed by atoms with Gasteiger partial charge in [0.15, 0.2) is 0 Å². The summed E-state index contributed by atoms with van der Waals surface area (Å²) in [6, 6.07) is 8.20. The molecule has 0 bridgehead atoms. The number of halogens is 4. The number of carbonyl (C=O) groups excluding carboxylic acids is 3. The SMILES string of the molecule is COc1ccc(Cl)cc1NC(=O)CN1C(=O)NC(C)(c2ccc(OC(F)(F)F)cc2)C1=O. The second kappa shape index (κ2) is 8.58. The van der Waals surface area contributed by atoms with Crippen molar-refractivity contribution in [3.05, 3.63) is 53.1 Å². The molecule has 2 aromatic carbocycles. The Labute approximate surface area is 185 Å². The zero-order valence-electron chi connectivity index (χ0n) is 16.7. The van der Waals surface area contributed by atoms with E-state index in [2.05, 4.69) is 15.4 Å². The molecule has 1 saturated heterocycles. The van der Waals surface area contributed by atoms with Gasteiger partial charge in [-0.3, -0.25) is 14.5 Å². The molecule has 0 spiro atoms. The molecular formula is C20H17ClF3N3O5. The van der Waals surface area contributed by atoms with E-state index in [-0.39, 0.29) is 11.3 Å². The van der Waals surface area contributed by atoms with Crippen LogP contribution >= 0.6 is 11.6 Å². The average molecular weight is 472 g/mol. The zero-order chi connectivity index (χ0) is 23.7. The monoisotopic (exact) mass is 471 g/mol. The van der Waals surface area contributed by atoms with Crippen molar-refractivity contribution in [1.29, 1.82) is 0 Å². The Bertz CT molecular complexity index is 1060. The smallest absolute Gasteiger partial charge is 0.495 e. The molecule has 1 fully saturated rings. The number of nitrogens with zero attached hydrogens (tertiary/aromatic N) is 1. The van der Waals surface area contributed by atoms with E-state index in [0.29, 0.717) is 15.7 Å². The minimum absolute atomic E-state index is 0.213. The Morgan fingerprint density at radius 2 is 1.84 bits per heavy atom. The highest BCUT2D eigenvalue weighted by atomic mass is 35.5. The number of carbonyl (C=O) groups is 3. The Hall–Kier alpha value is -3.47. The van der Waals surface area contributed by atoms with Gasteiger partial charge in [0, 0.05) is 5.02 Å². The molecule has 1 aliphatic rings. The molecule has 1 unspecified atom stereocenters. The van der Waals surface area contributed by atoms with Crippen LogP contribution in [0, 0.1) is 0 Å². The van der Waals surface area contributed by atoms with Crippen molar-refractivity contribution < 1.29 is 37.0 Å². The summed E-state index contributed by atoms with van der Waals surface area (Å²) in [6.45, 7) is 0.774. The minimum Gasteiger partial charge on any atom is -0.495 e. The molecule has 1 heterocycles. The number of hydrogen-bond acceptors (Lipinski definition) is 5. The van der Waals surface area contributed by atoms with E-state index in [0.717, 1.165) is 12.1 Å². The maximum atomic E-state index is 12.9. The predicted octanol–water partition coefficient (Wildman–Crippen LogP) is 3.65. The van der Waals surface area contributed by atoms with Crippen LogP contribution in [0.2, 0.25) is 5.02 Å². The second-order valence-corrected chi connectivity index (χ2v) is 7.35. The maximum absolute atomic E-state index is 12.9. The Morgan fingerprint density at radius 1 is 1.19 bits per heavy atom. The summed E-state index contributed by atoms with van der Waals surface area (Å²) in [4.78, 5) is 38.5. The van der Waals surface area contributed by atoms with Gasteiger partial charge in [-0.05, 0) is 42.8 Å². The molecule has 0 aliphatic carbocycles. The van der Waals surface area contributed by atoms with Crippen molar-refractivity contribution in [1.82, 2.24) is 10.2 Å². The van der Waals surface area contributed by atoms with Crippen LogP contribution < -0.4 is 20.1 Å². The van der Waals surface area contributed by atoms with Crippen LogP contribution in [0.5, 0.6) is 11.5 Å². The number of nitrogens with one attached hydrogen (secondary N) is 2. The topological polar surface area (TPSA) is 97.0 Å². The summed E-state index contributed by atoms with van der Waals surface area (Å²) in [6.07, 6.45) is -4.86. The van der Waals surface area contributed by atoms with Crippen LogP contribution in [-0.2, 0) is 15.1 Å². The van der Waals surface area contributed by atoms with Crippen LogP contribution in [0.25, 0.3) is 0 Å². The summed E-state index contributed by atoms with van der Waals surface area (Å²) in [5.74, 6) is -1.59. The molecule has 2 aromatic rings. The molecule has 2 N–H and O–H groups in total. The molecule has 0 radical (unpaired) electrons. The van der Waals surface area contributed by atoms with E-state index in [4.69, 9.17) is 16.3 Å². The third-order valence-corrected chi connectivity index (χ3v) is 4.91. The Morgan fingerprint density at radius 3 is 2.44 bits per heavy atom. The number of amides is 4. The Balaban J connectivity index is 1.74. The van der Waals surface area contributed by atoms with Gasteiger partial charge in [-0.1, -0.05) is 23.7 Å². The molecule has 8 nitrogen and oxygen atoms in total. The van der Waals surface area contributed by atoms with Crippen LogP contribution in [0.15, 0.2) is 42.5 Å². The molecule has 12 heteroatoms. The van der Waals surface area contributed by atoms with Gasteiger partial charge in [0.05, 0.1) is 12.8 Å². The Kier molecular flexibility index (Phi) is 6.22. The van der Waals surface area contributed by atoms with E-state index in [1.165, 1.54) is 38.3 Å². The van der Waals surface area contributed by atoms with Gasteiger partial charge in [0.1, 0.15) is 23.6 Å². The average Bonchev–Trinajstić information content (AvgIpc) is 2.91. The third-order valence-electron chi connectivity index (χ3n) is 4.68. The van der Waals surface area contributed by atoms with Gasteiger partial charge >= 0.3 is 12.4 Å². The summed E-state index contributed by atoms with van der Waals surface area (Å²) in [5, 5.41) is 5.32. The summed E-state index contributed by atoms with van der Waals surface area (Å²) >= 11 is 5.92. The quantitative estimate of drug-likeness (QED) is 0.627. The standard InChI is InChI=1S/C20H17ClF3N3O5/c1-19(11-3-6-13(7-4-11)32-20(22,23)24)17(29)27(18(30)26-19)10-16(28)25-14-9-12(21)5-8-15(14)31-2/h3-9H,10H2,1-2H3,(H,25,28)(H,26,30). The van der Waals surface area contributed by atoms with Crippen LogP contribution in [0.1, 0.15) is 12.5 Å². The van der Waals surface area contributed by atoms with Crippen molar-refractivity contribution in [3.8, 4) is 11.5 Å². The predicted molar refractivity (Wildman–Crippen MR) is 107 cm³/mol. The van der Waals surface area contributed by atoms with Gasteiger partial charge in [0.2, 0.25) is 5.91 Å². The number of ether oxygens (including phenoxy) is 2. The second-order valence-electron chi connectivity index (χ2n) is 6.91. The van der Waals surface area contributed by atoms with Gasteiger partial charge in [-0.25, -0.2) is 4.79 Å². The van der Waals surface area contributed by atoms with Gasteiger partial charge in [0.25, 0.3) is 5.91 Å². The highest BCUT2D eigenvalue weighted by Crippen LogP contribution is 2.32. The number of imide groups is 1. The van der Waals surface area contributed by atoms with Crippen molar-refractivity contribution in [2.75, 3.05) is 19.0 Å². The lowest BCUT2D eigenvalue weighted by molar-refractivity contribution is -0.274. The highest BCUT2D eigenvalue weighted by Gasteiger charge is 2.49. The largest absolute Gasteiger partial charge is 0.573 e. The number of methoxy groups -OCH3 is 1. The van der Waals surface area contributed by atoms with Crippen molar-refractivity contribution >= 4 is 35.1 Å². The molecule has 1 aliphatic heterocycles. The molecule has 170 valence electrons. The van der Waals surface area contributed by atoms with E-state index >= 15 is 0 Å². The fourth-order valence-electron chi connectivity index (χ4n) is 3.14. The number of hydrogen-bond donors (Lipinski definition) is 2. The molecule has 4 amide bonds. The van der Waals surface area contributed by atoms with Crippen LogP contribution in [0.3, 0.4) is 0 Å². The van der Waals surface area contributed by atoms with E-state index in [1.54, 1.807) is 6.07 Å². The lowest BCUT2D eigenvalue weighted by Gasteiger charge is -2.22. The number of rotatable bonds is 6. The number of anilines is 1. The minimum atomic E-state index is -4.86. The normalized spacial score (nSPS) is 18.4. The van der Waals surface area contributed by atoms with E-state index in [9.17, 15) is 27.6 Å². The number of alkyl halides is 3. The molecule has 0 saturated carbocycles.